The number of rotatable bonds is 7. The van der Waals surface area contributed by atoms with Gasteiger partial charge in [-0.2, -0.15) is 5.26 Å². The van der Waals surface area contributed by atoms with E-state index in [2.05, 4.69) is 4.90 Å². The lowest BCUT2D eigenvalue weighted by atomic mass is 10.1. The topological polar surface area (TPSA) is 36.3 Å². The molecule has 0 bridgehead atoms. The van der Waals surface area contributed by atoms with E-state index in [1.807, 2.05) is 13.1 Å². The molecule has 0 radical (unpaired) electrons. The first-order valence-corrected chi connectivity index (χ1v) is 6.64. The predicted molar refractivity (Wildman–Crippen MR) is 71.0 cm³/mol. The second-order valence-corrected chi connectivity index (χ2v) is 5.18. The van der Waals surface area contributed by atoms with Crippen LogP contribution in [0.25, 0.3) is 0 Å². The quantitative estimate of drug-likeness (QED) is 0.709. The van der Waals surface area contributed by atoms with Gasteiger partial charge < -0.3 is 4.74 Å². The summed E-state index contributed by atoms with van der Waals surface area (Å²) in [6.45, 7) is 3.13. The van der Waals surface area contributed by atoms with Gasteiger partial charge in [0.15, 0.2) is 0 Å². The van der Waals surface area contributed by atoms with E-state index in [1.165, 1.54) is 18.9 Å². The van der Waals surface area contributed by atoms with Gasteiger partial charge in [0.05, 0.1) is 12.2 Å². The van der Waals surface area contributed by atoms with E-state index in [4.69, 9.17) is 10.00 Å². The zero-order valence-corrected chi connectivity index (χ0v) is 11.2. The Balaban J connectivity index is 1.74. The van der Waals surface area contributed by atoms with Crippen molar-refractivity contribution in [1.29, 1.82) is 5.26 Å². The second kappa shape index (κ2) is 6.65. The number of nitriles is 1. The highest BCUT2D eigenvalue weighted by Crippen LogP contribution is 2.28. The minimum Gasteiger partial charge on any atom is -0.380 e. The molecule has 0 N–H and O–H groups in total. The fraction of sp³-hybridized carbons (Fsp3) is 0.533. The van der Waals surface area contributed by atoms with Gasteiger partial charge in [-0.15, -0.1) is 0 Å². The Morgan fingerprint density at radius 3 is 2.95 bits per heavy atom. The van der Waals surface area contributed by atoms with E-state index >= 15 is 0 Å². The number of hydrogen-bond acceptors (Lipinski definition) is 3. The fourth-order valence-electron chi connectivity index (χ4n) is 1.90. The summed E-state index contributed by atoms with van der Waals surface area (Å²) in [6.07, 6.45) is 2.62. The van der Waals surface area contributed by atoms with E-state index in [1.54, 1.807) is 12.1 Å². The molecule has 1 aliphatic carbocycles. The first kappa shape index (κ1) is 14.0. The van der Waals surface area contributed by atoms with Crippen LogP contribution in [0.2, 0.25) is 0 Å². The van der Waals surface area contributed by atoms with Crippen molar-refractivity contribution in [3.63, 3.8) is 0 Å². The van der Waals surface area contributed by atoms with Gasteiger partial charge in [-0.1, -0.05) is 6.07 Å². The highest BCUT2D eigenvalue weighted by molar-refractivity contribution is 5.34. The zero-order chi connectivity index (χ0) is 13.7. The standard InChI is InChI=1S/C15H19FN2O/c1-18(6-7-19-11-12-2-3-12)10-13-4-5-15(16)14(8-13)9-17/h4-5,8,12H,2-3,6-7,10-11H2,1H3. The zero-order valence-electron chi connectivity index (χ0n) is 11.2. The van der Waals surface area contributed by atoms with E-state index in [0.29, 0.717) is 6.54 Å². The summed E-state index contributed by atoms with van der Waals surface area (Å²) in [5.74, 6) is 0.335. The third-order valence-electron chi connectivity index (χ3n) is 3.27. The van der Waals surface area contributed by atoms with E-state index in [0.717, 1.165) is 31.2 Å². The first-order valence-electron chi connectivity index (χ1n) is 6.64. The molecule has 0 aromatic heterocycles. The largest absolute Gasteiger partial charge is 0.380 e. The third kappa shape index (κ3) is 4.62. The Kier molecular flexibility index (Phi) is 4.89. The maximum atomic E-state index is 13.2. The molecular weight excluding hydrogens is 243 g/mol. The van der Waals surface area contributed by atoms with E-state index in [9.17, 15) is 4.39 Å². The number of ether oxygens (including phenoxy) is 1. The Hall–Kier alpha value is -1.44. The van der Waals surface area contributed by atoms with Gasteiger partial charge in [0.25, 0.3) is 0 Å². The first-order chi connectivity index (χ1) is 9.19. The summed E-state index contributed by atoms with van der Waals surface area (Å²) in [5.41, 5.74) is 1.05. The van der Waals surface area contributed by atoms with Crippen LogP contribution in [-0.4, -0.2) is 31.7 Å². The molecule has 102 valence electrons. The second-order valence-electron chi connectivity index (χ2n) is 5.18. The molecule has 0 saturated heterocycles. The SMILES string of the molecule is CN(CCOCC1CC1)Cc1ccc(F)c(C#N)c1. The van der Waals surface area contributed by atoms with Crippen molar-refractivity contribution in [1.82, 2.24) is 4.90 Å². The smallest absolute Gasteiger partial charge is 0.140 e. The lowest BCUT2D eigenvalue weighted by Crippen LogP contribution is -2.23. The monoisotopic (exact) mass is 262 g/mol. The van der Waals surface area contributed by atoms with Gasteiger partial charge in [-0.25, -0.2) is 4.39 Å². The van der Waals surface area contributed by atoms with Gasteiger partial charge in [0.1, 0.15) is 11.9 Å². The third-order valence-corrected chi connectivity index (χ3v) is 3.27. The molecule has 0 heterocycles. The molecule has 3 nitrogen and oxygen atoms in total. The highest BCUT2D eigenvalue weighted by Gasteiger charge is 2.20. The molecular formula is C15H19FN2O. The number of likely N-dealkylation sites (N-methyl/N-ethyl adjacent to an activating group) is 1. The molecule has 0 atom stereocenters. The molecule has 0 amide bonds. The average Bonchev–Trinajstić information content (AvgIpc) is 3.21. The van der Waals surface area contributed by atoms with Crippen molar-refractivity contribution >= 4 is 0 Å². The molecule has 4 heteroatoms. The number of nitrogens with zero attached hydrogens (tertiary/aromatic N) is 2. The van der Waals surface area contributed by atoms with Crippen molar-refractivity contribution in [3.8, 4) is 6.07 Å². The van der Waals surface area contributed by atoms with Crippen LogP contribution < -0.4 is 0 Å². The van der Waals surface area contributed by atoms with Gasteiger partial charge in [-0.05, 0) is 43.5 Å². The summed E-state index contributed by atoms with van der Waals surface area (Å²) in [4.78, 5) is 2.11. The summed E-state index contributed by atoms with van der Waals surface area (Å²) in [7, 11) is 2.00. The van der Waals surface area contributed by atoms with Crippen molar-refractivity contribution in [2.75, 3.05) is 26.8 Å². The Bertz CT molecular complexity index is 466. The van der Waals surface area contributed by atoms with Crippen LogP contribution in [0.1, 0.15) is 24.0 Å². The van der Waals surface area contributed by atoms with Gasteiger partial charge in [0, 0.05) is 19.7 Å². The molecule has 1 saturated carbocycles. The van der Waals surface area contributed by atoms with Crippen LogP contribution in [0.3, 0.4) is 0 Å². The van der Waals surface area contributed by atoms with Crippen molar-refractivity contribution in [3.05, 3.63) is 35.1 Å². The fourth-order valence-corrected chi connectivity index (χ4v) is 1.90. The highest BCUT2D eigenvalue weighted by atomic mass is 19.1. The number of halogens is 1. The average molecular weight is 262 g/mol. The Morgan fingerprint density at radius 1 is 1.47 bits per heavy atom. The molecule has 0 unspecified atom stereocenters. The van der Waals surface area contributed by atoms with Crippen LogP contribution in [0.4, 0.5) is 4.39 Å². The Labute approximate surface area is 113 Å². The van der Waals surface area contributed by atoms with Crippen molar-refractivity contribution in [2.24, 2.45) is 5.92 Å². The maximum absolute atomic E-state index is 13.2. The lowest BCUT2D eigenvalue weighted by Gasteiger charge is -2.16. The lowest BCUT2D eigenvalue weighted by molar-refractivity contribution is 0.102. The van der Waals surface area contributed by atoms with Crippen LogP contribution in [0.15, 0.2) is 18.2 Å². The molecule has 19 heavy (non-hydrogen) atoms. The minimum absolute atomic E-state index is 0.107. The molecule has 1 fully saturated rings. The molecule has 0 aliphatic heterocycles. The molecule has 1 aromatic rings. The molecule has 1 aliphatic rings. The number of hydrogen-bond donors (Lipinski definition) is 0. The van der Waals surface area contributed by atoms with Gasteiger partial charge >= 0.3 is 0 Å². The summed E-state index contributed by atoms with van der Waals surface area (Å²) in [6, 6.07) is 6.54. The van der Waals surface area contributed by atoms with Gasteiger partial charge in [0.2, 0.25) is 0 Å². The predicted octanol–water partition coefficient (Wildman–Crippen LogP) is 2.56. The summed E-state index contributed by atoms with van der Waals surface area (Å²) in [5, 5.41) is 8.78. The Morgan fingerprint density at radius 2 is 2.26 bits per heavy atom. The maximum Gasteiger partial charge on any atom is 0.140 e. The van der Waals surface area contributed by atoms with Crippen molar-refractivity contribution < 1.29 is 9.13 Å². The molecule has 2 rings (SSSR count). The van der Waals surface area contributed by atoms with Crippen LogP contribution in [0, 0.1) is 23.1 Å². The van der Waals surface area contributed by atoms with Gasteiger partial charge in [-0.3, -0.25) is 4.90 Å². The van der Waals surface area contributed by atoms with Crippen molar-refractivity contribution in [2.45, 2.75) is 19.4 Å². The molecule has 0 spiro atoms. The van der Waals surface area contributed by atoms with E-state index < -0.39 is 5.82 Å². The summed E-state index contributed by atoms with van der Waals surface area (Å²) < 4.78 is 18.8. The summed E-state index contributed by atoms with van der Waals surface area (Å²) >= 11 is 0. The van der Waals surface area contributed by atoms with Crippen LogP contribution >= 0.6 is 0 Å². The van der Waals surface area contributed by atoms with Crippen LogP contribution in [0.5, 0.6) is 0 Å². The minimum atomic E-state index is -0.457. The van der Waals surface area contributed by atoms with Crippen LogP contribution in [-0.2, 0) is 11.3 Å². The number of benzene rings is 1. The normalized spacial score (nSPS) is 14.6. The molecule has 1 aromatic carbocycles. The van der Waals surface area contributed by atoms with E-state index in [-0.39, 0.29) is 5.56 Å².